The van der Waals surface area contributed by atoms with Crippen LogP contribution in [-0.4, -0.2) is 33.3 Å². The third kappa shape index (κ3) is 6.29. The Morgan fingerprint density at radius 3 is 2.39 bits per heavy atom. The van der Waals surface area contributed by atoms with E-state index in [1.54, 1.807) is 39.3 Å². The van der Waals surface area contributed by atoms with E-state index in [1.807, 2.05) is 24.3 Å². The molecule has 2 aromatic rings. The van der Waals surface area contributed by atoms with Gasteiger partial charge in [0.1, 0.15) is 5.75 Å². The lowest BCUT2D eigenvalue weighted by molar-refractivity contribution is -0.0520. The minimum absolute atomic E-state index is 0.0254. The molecule has 6 nitrogen and oxygen atoms in total. The summed E-state index contributed by atoms with van der Waals surface area (Å²) in [5.74, 6) is 1.62. The van der Waals surface area contributed by atoms with Crippen LogP contribution >= 0.6 is 0 Å². The SMILES string of the molecule is CCOc1cccc(CNC(=NC)NCc2ccc(OC)cc2)c1OC(F)F. The largest absolute Gasteiger partial charge is 0.497 e. The average molecular weight is 393 g/mol. The molecule has 0 radical (unpaired) electrons. The van der Waals surface area contributed by atoms with Crippen LogP contribution in [0.15, 0.2) is 47.5 Å². The van der Waals surface area contributed by atoms with Gasteiger partial charge in [0.2, 0.25) is 0 Å². The fourth-order valence-corrected chi connectivity index (χ4v) is 2.52. The van der Waals surface area contributed by atoms with Gasteiger partial charge in [0.05, 0.1) is 13.7 Å². The van der Waals surface area contributed by atoms with Crippen LogP contribution in [0.4, 0.5) is 8.78 Å². The predicted octanol–water partition coefficient (Wildman–Crippen LogP) is 3.56. The van der Waals surface area contributed by atoms with Crippen molar-refractivity contribution in [2.24, 2.45) is 4.99 Å². The van der Waals surface area contributed by atoms with Gasteiger partial charge in [-0.25, -0.2) is 0 Å². The van der Waals surface area contributed by atoms with E-state index in [0.29, 0.717) is 24.7 Å². The number of nitrogens with one attached hydrogen (secondary N) is 2. The number of benzene rings is 2. The summed E-state index contributed by atoms with van der Waals surface area (Å²) >= 11 is 0. The maximum Gasteiger partial charge on any atom is 0.387 e. The molecule has 0 atom stereocenters. The predicted molar refractivity (Wildman–Crippen MR) is 104 cm³/mol. The van der Waals surface area contributed by atoms with E-state index in [4.69, 9.17) is 9.47 Å². The Morgan fingerprint density at radius 2 is 1.79 bits per heavy atom. The molecule has 28 heavy (non-hydrogen) atoms. The van der Waals surface area contributed by atoms with Gasteiger partial charge in [0, 0.05) is 25.7 Å². The summed E-state index contributed by atoms with van der Waals surface area (Å²) in [4.78, 5) is 4.15. The molecular weight excluding hydrogens is 368 g/mol. The minimum Gasteiger partial charge on any atom is -0.497 e. The molecule has 0 aromatic heterocycles. The Kier molecular flexibility index (Phi) is 8.33. The average Bonchev–Trinajstić information content (AvgIpc) is 2.70. The molecular formula is C20H25F2N3O3. The van der Waals surface area contributed by atoms with Crippen molar-refractivity contribution in [3.05, 3.63) is 53.6 Å². The Hall–Kier alpha value is -3.03. The molecule has 0 spiro atoms. The molecule has 0 amide bonds. The molecule has 0 unspecified atom stereocenters. The Bertz CT molecular complexity index is 768. The van der Waals surface area contributed by atoms with E-state index in [2.05, 4.69) is 20.4 Å². The van der Waals surface area contributed by atoms with Crippen molar-refractivity contribution in [1.29, 1.82) is 0 Å². The zero-order chi connectivity index (χ0) is 20.4. The smallest absolute Gasteiger partial charge is 0.387 e. The van der Waals surface area contributed by atoms with Gasteiger partial charge in [-0.05, 0) is 30.7 Å². The summed E-state index contributed by atoms with van der Waals surface area (Å²) in [6.45, 7) is -0.0226. The van der Waals surface area contributed by atoms with Crippen LogP contribution in [0.25, 0.3) is 0 Å². The molecule has 2 rings (SSSR count). The highest BCUT2D eigenvalue weighted by atomic mass is 19.3. The number of para-hydroxylation sites is 1. The molecule has 0 fully saturated rings. The topological polar surface area (TPSA) is 64.1 Å². The number of halogens is 2. The quantitative estimate of drug-likeness (QED) is 0.504. The molecule has 0 bridgehead atoms. The summed E-state index contributed by atoms with van der Waals surface area (Å²) < 4.78 is 40.8. The van der Waals surface area contributed by atoms with Crippen LogP contribution in [0, 0.1) is 0 Å². The fraction of sp³-hybridized carbons (Fsp3) is 0.350. The van der Waals surface area contributed by atoms with Gasteiger partial charge >= 0.3 is 6.61 Å². The zero-order valence-electron chi connectivity index (χ0n) is 16.2. The molecule has 0 saturated heterocycles. The van der Waals surface area contributed by atoms with Crippen LogP contribution in [0.3, 0.4) is 0 Å². The van der Waals surface area contributed by atoms with E-state index in [1.165, 1.54) is 0 Å². The standard InChI is InChI=1S/C20H25F2N3O3/c1-4-27-17-7-5-6-15(18(17)28-19(21)22)13-25-20(23-2)24-12-14-8-10-16(26-3)11-9-14/h5-11,19H,4,12-13H2,1-3H3,(H2,23,24,25). The third-order valence-corrected chi connectivity index (χ3v) is 3.86. The number of methoxy groups -OCH3 is 1. The summed E-state index contributed by atoms with van der Waals surface area (Å²) in [5.41, 5.74) is 1.59. The van der Waals surface area contributed by atoms with Gasteiger partial charge in [0.15, 0.2) is 17.5 Å². The minimum atomic E-state index is -2.94. The first-order chi connectivity index (χ1) is 13.6. The van der Waals surface area contributed by atoms with E-state index in [9.17, 15) is 8.78 Å². The lowest BCUT2D eigenvalue weighted by Crippen LogP contribution is -2.36. The highest BCUT2D eigenvalue weighted by Crippen LogP contribution is 2.32. The van der Waals surface area contributed by atoms with Crippen molar-refractivity contribution in [2.45, 2.75) is 26.6 Å². The number of guanidine groups is 1. The summed E-state index contributed by atoms with van der Waals surface area (Å²) in [7, 11) is 3.25. The molecule has 0 aliphatic carbocycles. The monoisotopic (exact) mass is 393 g/mol. The number of nitrogens with zero attached hydrogens (tertiary/aromatic N) is 1. The fourth-order valence-electron chi connectivity index (χ4n) is 2.52. The Balaban J connectivity index is 2.01. The molecule has 8 heteroatoms. The first kappa shape index (κ1) is 21.3. The highest BCUT2D eigenvalue weighted by molar-refractivity contribution is 5.79. The van der Waals surface area contributed by atoms with Crippen molar-refractivity contribution in [3.63, 3.8) is 0 Å². The van der Waals surface area contributed by atoms with Crippen LogP contribution < -0.4 is 24.8 Å². The summed E-state index contributed by atoms with van der Waals surface area (Å²) in [6, 6.07) is 12.7. The van der Waals surface area contributed by atoms with Gasteiger partial charge in [-0.3, -0.25) is 4.99 Å². The number of hydrogen-bond acceptors (Lipinski definition) is 4. The van der Waals surface area contributed by atoms with Crippen molar-refractivity contribution in [2.75, 3.05) is 20.8 Å². The van der Waals surface area contributed by atoms with Crippen LogP contribution in [0.2, 0.25) is 0 Å². The first-order valence-electron chi connectivity index (χ1n) is 8.84. The molecule has 0 heterocycles. The van der Waals surface area contributed by atoms with Gasteiger partial charge in [-0.15, -0.1) is 0 Å². The summed E-state index contributed by atoms with van der Waals surface area (Å²) in [5, 5.41) is 6.27. The molecule has 0 aliphatic heterocycles. The Morgan fingerprint density at radius 1 is 1.07 bits per heavy atom. The lowest BCUT2D eigenvalue weighted by atomic mass is 10.2. The van der Waals surface area contributed by atoms with E-state index >= 15 is 0 Å². The molecule has 2 aromatic carbocycles. The highest BCUT2D eigenvalue weighted by Gasteiger charge is 2.16. The van der Waals surface area contributed by atoms with Crippen molar-refractivity contribution in [1.82, 2.24) is 10.6 Å². The maximum absolute atomic E-state index is 12.8. The molecule has 2 N–H and O–H groups in total. The second-order valence-corrected chi connectivity index (χ2v) is 5.68. The summed E-state index contributed by atoms with van der Waals surface area (Å²) in [6.07, 6.45) is 0. The third-order valence-electron chi connectivity index (χ3n) is 3.86. The van der Waals surface area contributed by atoms with Crippen molar-refractivity contribution >= 4 is 5.96 Å². The van der Waals surface area contributed by atoms with Gasteiger partial charge in [0.25, 0.3) is 0 Å². The number of ether oxygens (including phenoxy) is 3. The first-order valence-corrected chi connectivity index (χ1v) is 8.84. The lowest BCUT2D eigenvalue weighted by Gasteiger charge is -2.17. The number of aliphatic imine (C=N–C) groups is 1. The Labute approximate surface area is 163 Å². The van der Waals surface area contributed by atoms with Crippen LogP contribution in [0.5, 0.6) is 17.2 Å². The molecule has 152 valence electrons. The van der Waals surface area contributed by atoms with Crippen LogP contribution in [-0.2, 0) is 13.1 Å². The second kappa shape index (κ2) is 11.0. The number of rotatable bonds is 9. The normalized spacial score (nSPS) is 11.3. The zero-order valence-corrected chi connectivity index (χ0v) is 16.2. The van der Waals surface area contributed by atoms with Gasteiger partial charge in [-0.1, -0.05) is 24.3 Å². The van der Waals surface area contributed by atoms with Crippen LogP contribution in [0.1, 0.15) is 18.1 Å². The van der Waals surface area contributed by atoms with E-state index in [0.717, 1.165) is 11.3 Å². The van der Waals surface area contributed by atoms with E-state index in [-0.39, 0.29) is 18.0 Å². The second-order valence-electron chi connectivity index (χ2n) is 5.68. The van der Waals surface area contributed by atoms with Gasteiger partial charge in [-0.2, -0.15) is 8.78 Å². The van der Waals surface area contributed by atoms with Crippen molar-refractivity contribution < 1.29 is 23.0 Å². The number of hydrogen-bond donors (Lipinski definition) is 2. The molecule has 0 aliphatic rings. The molecule has 0 saturated carbocycles. The van der Waals surface area contributed by atoms with E-state index < -0.39 is 6.61 Å². The van der Waals surface area contributed by atoms with Crippen molar-refractivity contribution in [3.8, 4) is 17.2 Å². The maximum atomic E-state index is 12.8. The number of alkyl halides is 2. The van der Waals surface area contributed by atoms with Gasteiger partial charge < -0.3 is 24.8 Å².